The number of hydrogen-bond donors (Lipinski definition) is 4. The van der Waals surface area contributed by atoms with Crippen LogP contribution in [0.2, 0.25) is 0 Å². The van der Waals surface area contributed by atoms with E-state index in [9.17, 15) is 14.4 Å². The Labute approximate surface area is 191 Å². The predicted molar refractivity (Wildman–Crippen MR) is 130 cm³/mol. The summed E-state index contributed by atoms with van der Waals surface area (Å²) in [5.74, 6) is 0.649. The highest BCUT2D eigenvalue weighted by Crippen LogP contribution is 2.04. The molecule has 0 unspecified atom stereocenters. The van der Waals surface area contributed by atoms with Crippen LogP contribution in [0.4, 0.5) is 0 Å². The van der Waals surface area contributed by atoms with E-state index < -0.39 is 0 Å². The quantitative estimate of drug-likeness (QED) is 0.244. The number of carbonyl (C=O) groups excluding carboxylic acids is 3. The van der Waals surface area contributed by atoms with Crippen molar-refractivity contribution in [3.63, 3.8) is 0 Å². The lowest BCUT2D eigenvalue weighted by Gasteiger charge is -2.09. The molecule has 0 fully saturated rings. The molecule has 0 aliphatic rings. The van der Waals surface area contributed by atoms with Crippen molar-refractivity contribution in [2.45, 2.75) is 105 Å². The van der Waals surface area contributed by atoms with Crippen LogP contribution in [-0.4, -0.2) is 49.9 Å². The van der Waals surface area contributed by atoms with Crippen molar-refractivity contribution in [3.05, 3.63) is 0 Å². The average molecular weight is 443 g/mol. The highest BCUT2D eigenvalue weighted by atomic mass is 16.2. The smallest absolute Gasteiger partial charge is 0.220 e. The lowest BCUT2D eigenvalue weighted by molar-refractivity contribution is -0.126. The Morgan fingerprint density at radius 3 is 1.61 bits per heavy atom. The molecule has 4 N–H and O–H groups in total. The molecule has 0 heterocycles. The first-order valence-corrected chi connectivity index (χ1v) is 12.3. The number of rotatable bonds is 18. The van der Waals surface area contributed by atoms with Crippen molar-refractivity contribution in [1.29, 1.82) is 0 Å². The maximum Gasteiger partial charge on any atom is 0.220 e. The summed E-state index contributed by atoms with van der Waals surface area (Å²) in [5.41, 5.74) is 0. The molecule has 184 valence electrons. The molecule has 3 amide bonds. The van der Waals surface area contributed by atoms with Crippen molar-refractivity contribution < 1.29 is 14.4 Å². The molecule has 7 heteroatoms. The van der Waals surface area contributed by atoms with Crippen LogP contribution in [0.25, 0.3) is 0 Å². The molecule has 0 aromatic carbocycles. The monoisotopic (exact) mass is 442 g/mol. The highest BCUT2D eigenvalue weighted by Gasteiger charge is 2.06. The fraction of sp³-hybridized carbons (Fsp3) is 0.875. The first-order valence-electron chi connectivity index (χ1n) is 12.3. The van der Waals surface area contributed by atoms with Gasteiger partial charge in [-0.05, 0) is 31.6 Å². The van der Waals surface area contributed by atoms with E-state index in [2.05, 4.69) is 49.0 Å². The Kier molecular flexibility index (Phi) is 23.5. The Bertz CT molecular complexity index is 454. The fourth-order valence-corrected chi connectivity index (χ4v) is 2.79. The minimum Gasteiger partial charge on any atom is -0.356 e. The molecule has 0 aromatic heterocycles. The summed E-state index contributed by atoms with van der Waals surface area (Å²) in [5, 5.41) is 11.8. The van der Waals surface area contributed by atoms with Gasteiger partial charge in [-0.15, -0.1) is 0 Å². The summed E-state index contributed by atoms with van der Waals surface area (Å²) in [7, 11) is 0. The van der Waals surface area contributed by atoms with E-state index in [1.54, 1.807) is 0 Å². The Morgan fingerprint density at radius 1 is 0.581 bits per heavy atom. The first kappa shape index (κ1) is 31.6. The van der Waals surface area contributed by atoms with Crippen LogP contribution in [0.5, 0.6) is 0 Å². The van der Waals surface area contributed by atoms with Crippen LogP contribution in [-0.2, 0) is 14.4 Å². The zero-order valence-corrected chi connectivity index (χ0v) is 21.1. The van der Waals surface area contributed by atoms with Gasteiger partial charge in [0.25, 0.3) is 0 Å². The minimum atomic E-state index is -0.0896. The predicted octanol–water partition coefficient (Wildman–Crippen LogP) is 3.53. The molecule has 31 heavy (non-hydrogen) atoms. The third-order valence-electron chi connectivity index (χ3n) is 4.51. The van der Waals surface area contributed by atoms with Gasteiger partial charge in [0.2, 0.25) is 17.7 Å². The van der Waals surface area contributed by atoms with E-state index in [4.69, 9.17) is 0 Å². The van der Waals surface area contributed by atoms with Crippen molar-refractivity contribution in [1.82, 2.24) is 21.3 Å². The largest absolute Gasteiger partial charge is 0.356 e. The molecule has 0 aliphatic heterocycles. The Balaban J connectivity index is 0. The summed E-state index contributed by atoms with van der Waals surface area (Å²) < 4.78 is 0. The number of nitrogens with one attached hydrogen (secondary N) is 4. The van der Waals surface area contributed by atoms with Crippen LogP contribution in [0, 0.1) is 5.92 Å². The standard InChI is InChI=1S/C22H44N4O3.C2H6/c1-18(2)10-9-15-25-20(27)11-7-5-6-8-14-24-21(28)12-13-22(29)26-17-16-23-19(3)4;1-2/h18-19,23H,5-17H2,1-4H3,(H,24,28)(H,25,27)(H,26,29);1-2H3. The molecule has 0 bridgehead atoms. The first-order chi connectivity index (χ1) is 14.8. The second-order valence-corrected chi connectivity index (χ2v) is 8.36. The molecule has 0 spiro atoms. The van der Waals surface area contributed by atoms with Gasteiger partial charge in [-0.25, -0.2) is 0 Å². The zero-order valence-electron chi connectivity index (χ0n) is 21.1. The average Bonchev–Trinajstić information content (AvgIpc) is 2.73. The van der Waals surface area contributed by atoms with E-state index in [1.807, 2.05) is 13.8 Å². The van der Waals surface area contributed by atoms with Crippen LogP contribution in [0.1, 0.15) is 99.3 Å². The molecule has 0 saturated heterocycles. The summed E-state index contributed by atoms with van der Waals surface area (Å²) in [4.78, 5) is 35.1. The van der Waals surface area contributed by atoms with Gasteiger partial charge in [-0.1, -0.05) is 54.4 Å². The summed E-state index contributed by atoms with van der Waals surface area (Å²) in [6.07, 6.45) is 6.97. The van der Waals surface area contributed by atoms with E-state index in [0.29, 0.717) is 31.5 Å². The maximum atomic E-state index is 11.8. The molecule has 0 radical (unpaired) electrons. The highest BCUT2D eigenvalue weighted by molar-refractivity contribution is 5.83. The van der Waals surface area contributed by atoms with Crippen LogP contribution in [0.3, 0.4) is 0 Å². The van der Waals surface area contributed by atoms with Crippen LogP contribution in [0.15, 0.2) is 0 Å². The summed E-state index contributed by atoms with van der Waals surface area (Å²) in [6.45, 7) is 15.2. The molecule has 0 atom stereocenters. The van der Waals surface area contributed by atoms with E-state index in [-0.39, 0.29) is 30.6 Å². The third kappa shape index (κ3) is 26.3. The molecular formula is C24H50N4O3. The molecule has 0 saturated carbocycles. The normalized spacial score (nSPS) is 10.5. The lowest BCUT2D eigenvalue weighted by atomic mass is 10.1. The van der Waals surface area contributed by atoms with Crippen molar-refractivity contribution in [2.75, 3.05) is 26.2 Å². The number of hydrogen-bond acceptors (Lipinski definition) is 4. The van der Waals surface area contributed by atoms with Gasteiger partial charge in [0.1, 0.15) is 0 Å². The minimum absolute atomic E-state index is 0.0822. The summed E-state index contributed by atoms with van der Waals surface area (Å²) in [6, 6.07) is 0.398. The second kappa shape index (κ2) is 23.0. The van der Waals surface area contributed by atoms with Gasteiger partial charge in [0.15, 0.2) is 0 Å². The van der Waals surface area contributed by atoms with Crippen molar-refractivity contribution >= 4 is 17.7 Å². The lowest BCUT2D eigenvalue weighted by Crippen LogP contribution is -2.35. The zero-order chi connectivity index (χ0) is 23.9. The molecular weight excluding hydrogens is 392 g/mol. The van der Waals surface area contributed by atoms with E-state index in [0.717, 1.165) is 51.6 Å². The molecule has 7 nitrogen and oxygen atoms in total. The van der Waals surface area contributed by atoms with Gasteiger partial charge in [-0.3, -0.25) is 14.4 Å². The van der Waals surface area contributed by atoms with E-state index in [1.165, 1.54) is 0 Å². The van der Waals surface area contributed by atoms with E-state index >= 15 is 0 Å². The topological polar surface area (TPSA) is 99.3 Å². The fourth-order valence-electron chi connectivity index (χ4n) is 2.79. The van der Waals surface area contributed by atoms with Crippen molar-refractivity contribution in [3.8, 4) is 0 Å². The molecule has 0 aliphatic carbocycles. The van der Waals surface area contributed by atoms with Gasteiger partial charge < -0.3 is 21.3 Å². The van der Waals surface area contributed by atoms with Crippen molar-refractivity contribution in [2.24, 2.45) is 5.92 Å². The SMILES string of the molecule is CC.CC(C)CCCNC(=O)CCCCCCNC(=O)CCC(=O)NCCNC(C)C. The second-order valence-electron chi connectivity index (χ2n) is 8.36. The maximum absolute atomic E-state index is 11.8. The number of unbranched alkanes of at least 4 members (excludes halogenated alkanes) is 3. The van der Waals surface area contributed by atoms with Gasteiger partial charge in [-0.2, -0.15) is 0 Å². The number of amides is 3. The third-order valence-corrected chi connectivity index (χ3v) is 4.51. The van der Waals surface area contributed by atoms with Crippen LogP contribution >= 0.6 is 0 Å². The van der Waals surface area contributed by atoms with Gasteiger partial charge in [0, 0.05) is 51.5 Å². The Hall–Kier alpha value is -1.63. The molecule has 0 rings (SSSR count). The molecule has 0 aromatic rings. The Morgan fingerprint density at radius 2 is 1.06 bits per heavy atom. The van der Waals surface area contributed by atoms with Gasteiger partial charge in [0.05, 0.1) is 0 Å². The van der Waals surface area contributed by atoms with Gasteiger partial charge >= 0.3 is 0 Å². The number of carbonyl (C=O) groups is 3. The van der Waals surface area contributed by atoms with Crippen LogP contribution < -0.4 is 21.3 Å². The summed E-state index contributed by atoms with van der Waals surface area (Å²) >= 11 is 0.